The van der Waals surface area contributed by atoms with Crippen molar-refractivity contribution in [2.75, 3.05) is 26.4 Å². The molecule has 1 aliphatic heterocycles. The van der Waals surface area contributed by atoms with Crippen molar-refractivity contribution in [1.29, 1.82) is 0 Å². The van der Waals surface area contributed by atoms with Crippen LogP contribution in [0.3, 0.4) is 0 Å². The molecule has 2 N–H and O–H groups in total. The summed E-state index contributed by atoms with van der Waals surface area (Å²) in [6, 6.07) is 16.5. The van der Waals surface area contributed by atoms with Crippen LogP contribution in [0.5, 0.6) is 5.75 Å². The van der Waals surface area contributed by atoms with E-state index in [9.17, 15) is 0 Å². The number of benzene rings is 2. The first-order valence-electron chi connectivity index (χ1n) is 11.4. The lowest BCUT2D eigenvalue weighted by atomic mass is 10.1. The van der Waals surface area contributed by atoms with Gasteiger partial charge in [0.25, 0.3) is 0 Å². The monoisotopic (exact) mass is 437 g/mol. The van der Waals surface area contributed by atoms with E-state index >= 15 is 0 Å². The highest BCUT2D eigenvalue weighted by Crippen LogP contribution is 2.18. The van der Waals surface area contributed by atoms with Crippen LogP contribution in [0.15, 0.2) is 66.2 Å². The Labute approximate surface area is 191 Å². The average molecular weight is 438 g/mol. The Morgan fingerprint density at radius 1 is 1.09 bits per heavy atom. The summed E-state index contributed by atoms with van der Waals surface area (Å²) < 4.78 is 17.1. The van der Waals surface area contributed by atoms with Gasteiger partial charge in [-0.05, 0) is 37.0 Å². The van der Waals surface area contributed by atoms with Crippen LogP contribution in [0.1, 0.15) is 36.5 Å². The molecule has 32 heavy (non-hydrogen) atoms. The summed E-state index contributed by atoms with van der Waals surface area (Å²) in [5, 5.41) is 6.70. The Morgan fingerprint density at radius 3 is 2.59 bits per heavy atom. The normalized spacial score (nSPS) is 14.7. The van der Waals surface area contributed by atoms with Crippen LogP contribution in [-0.2, 0) is 29.2 Å². The van der Waals surface area contributed by atoms with Crippen molar-refractivity contribution >= 4 is 5.96 Å². The molecule has 6 nitrogen and oxygen atoms in total. The maximum absolute atomic E-state index is 6.00. The molecule has 1 saturated heterocycles. The first-order chi connectivity index (χ1) is 15.8. The maximum atomic E-state index is 6.00. The van der Waals surface area contributed by atoms with E-state index in [1.807, 2.05) is 18.2 Å². The van der Waals surface area contributed by atoms with Crippen LogP contribution in [-0.4, -0.2) is 38.4 Å². The second-order valence-electron chi connectivity index (χ2n) is 7.70. The van der Waals surface area contributed by atoms with E-state index in [-0.39, 0.29) is 0 Å². The van der Waals surface area contributed by atoms with Crippen LogP contribution in [0.25, 0.3) is 0 Å². The molecule has 0 unspecified atom stereocenters. The van der Waals surface area contributed by atoms with Gasteiger partial charge in [-0.25, -0.2) is 4.99 Å². The number of guanidine groups is 1. The lowest BCUT2D eigenvalue weighted by Crippen LogP contribution is -2.36. The molecule has 0 saturated carbocycles. The molecule has 2 aromatic carbocycles. The van der Waals surface area contributed by atoms with E-state index in [4.69, 9.17) is 19.2 Å². The minimum atomic E-state index is 0.314. The third-order valence-corrected chi connectivity index (χ3v) is 5.22. The number of para-hydroxylation sites is 1. The van der Waals surface area contributed by atoms with Gasteiger partial charge in [0.1, 0.15) is 12.4 Å². The predicted octanol–water partition coefficient (Wildman–Crippen LogP) is 4.20. The Hall–Kier alpha value is -2.83. The molecule has 6 heteroatoms. The van der Waals surface area contributed by atoms with Gasteiger partial charge in [-0.2, -0.15) is 0 Å². The number of aliphatic imine (C=N–C) groups is 1. The number of nitrogens with zero attached hydrogens (tertiary/aromatic N) is 1. The smallest absolute Gasteiger partial charge is 0.191 e. The van der Waals surface area contributed by atoms with Crippen molar-refractivity contribution in [2.24, 2.45) is 4.99 Å². The maximum Gasteiger partial charge on any atom is 0.191 e. The van der Waals surface area contributed by atoms with Gasteiger partial charge in [0.2, 0.25) is 0 Å². The van der Waals surface area contributed by atoms with Crippen molar-refractivity contribution in [3.05, 3.63) is 77.9 Å². The first kappa shape index (κ1) is 23.8. The average Bonchev–Trinajstić information content (AvgIpc) is 2.85. The lowest BCUT2D eigenvalue weighted by Gasteiger charge is -2.22. The van der Waals surface area contributed by atoms with Crippen molar-refractivity contribution in [2.45, 2.75) is 45.6 Å². The Morgan fingerprint density at radius 2 is 1.84 bits per heavy atom. The molecule has 1 aliphatic rings. The van der Waals surface area contributed by atoms with Crippen LogP contribution in [0, 0.1) is 0 Å². The van der Waals surface area contributed by atoms with Gasteiger partial charge in [-0.3, -0.25) is 0 Å². The standard InChI is InChI=1S/C26H35N3O3/c1-3-15-31-25-8-6-5-7-23(25)19-29-26(27-4-2)28-18-21-9-11-22(12-10-21)20-32-24-13-16-30-17-14-24/h3,5-12,24H,1,4,13-20H2,2H3,(H2,27,28,29). The largest absolute Gasteiger partial charge is 0.489 e. The molecular weight excluding hydrogens is 402 g/mol. The first-order valence-corrected chi connectivity index (χ1v) is 11.4. The topological polar surface area (TPSA) is 64.1 Å². The van der Waals surface area contributed by atoms with Gasteiger partial charge in [-0.15, -0.1) is 0 Å². The fraction of sp³-hybridized carbons (Fsp3) is 0.423. The molecule has 0 bridgehead atoms. The van der Waals surface area contributed by atoms with Crippen molar-refractivity contribution in [1.82, 2.24) is 10.6 Å². The van der Waals surface area contributed by atoms with Gasteiger partial charge in [0.05, 0.1) is 19.3 Å². The van der Waals surface area contributed by atoms with E-state index < -0.39 is 0 Å². The predicted molar refractivity (Wildman–Crippen MR) is 129 cm³/mol. The number of hydrogen-bond acceptors (Lipinski definition) is 4. The minimum absolute atomic E-state index is 0.314. The zero-order chi connectivity index (χ0) is 22.4. The number of ether oxygens (including phenoxy) is 3. The highest BCUT2D eigenvalue weighted by Gasteiger charge is 2.13. The zero-order valence-electron chi connectivity index (χ0n) is 19.0. The molecule has 0 radical (unpaired) electrons. The molecule has 2 aromatic rings. The van der Waals surface area contributed by atoms with Gasteiger partial charge in [-0.1, -0.05) is 55.1 Å². The van der Waals surface area contributed by atoms with Crippen molar-refractivity contribution in [3.63, 3.8) is 0 Å². The van der Waals surface area contributed by atoms with Gasteiger partial charge < -0.3 is 24.8 Å². The summed E-state index contributed by atoms with van der Waals surface area (Å²) in [5.41, 5.74) is 3.42. The highest BCUT2D eigenvalue weighted by molar-refractivity contribution is 5.79. The molecule has 0 aromatic heterocycles. The Balaban J connectivity index is 1.51. The molecule has 172 valence electrons. The highest BCUT2D eigenvalue weighted by atomic mass is 16.5. The molecule has 0 atom stereocenters. The quantitative estimate of drug-likeness (QED) is 0.313. The van der Waals surface area contributed by atoms with Crippen LogP contribution in [0.4, 0.5) is 0 Å². The van der Waals surface area contributed by atoms with Crippen LogP contribution < -0.4 is 15.4 Å². The molecule has 0 aliphatic carbocycles. The third-order valence-electron chi connectivity index (χ3n) is 5.22. The number of nitrogens with one attached hydrogen (secondary N) is 2. The summed E-state index contributed by atoms with van der Waals surface area (Å²) >= 11 is 0. The molecule has 0 amide bonds. The van der Waals surface area contributed by atoms with Crippen LogP contribution in [0.2, 0.25) is 0 Å². The Kier molecular flexibility index (Phi) is 10.1. The summed E-state index contributed by atoms with van der Waals surface area (Å²) in [5.74, 6) is 1.63. The molecule has 0 spiro atoms. The SMILES string of the molecule is C=CCOc1ccccc1CNC(=NCc1ccc(COC2CCOCC2)cc1)NCC. The molecule has 1 fully saturated rings. The van der Waals surface area contributed by atoms with Crippen molar-refractivity contribution in [3.8, 4) is 5.75 Å². The second-order valence-corrected chi connectivity index (χ2v) is 7.70. The Bertz CT molecular complexity index is 846. The van der Waals surface area contributed by atoms with Crippen molar-refractivity contribution < 1.29 is 14.2 Å². The van der Waals surface area contributed by atoms with E-state index in [1.54, 1.807) is 6.08 Å². The van der Waals surface area contributed by atoms with E-state index in [0.29, 0.717) is 32.4 Å². The summed E-state index contributed by atoms with van der Waals surface area (Å²) in [6.45, 7) is 10.5. The molecular formula is C26H35N3O3. The summed E-state index contributed by atoms with van der Waals surface area (Å²) in [4.78, 5) is 4.73. The second kappa shape index (κ2) is 13.6. The van der Waals surface area contributed by atoms with E-state index in [1.165, 1.54) is 5.56 Å². The fourth-order valence-electron chi connectivity index (χ4n) is 3.43. The molecule has 3 rings (SSSR count). The van der Waals surface area contributed by atoms with E-state index in [0.717, 1.165) is 55.4 Å². The summed E-state index contributed by atoms with van der Waals surface area (Å²) in [7, 11) is 0. The van der Waals surface area contributed by atoms with Gasteiger partial charge >= 0.3 is 0 Å². The number of hydrogen-bond donors (Lipinski definition) is 2. The van der Waals surface area contributed by atoms with Crippen LogP contribution >= 0.6 is 0 Å². The van der Waals surface area contributed by atoms with E-state index in [2.05, 4.69) is 54.5 Å². The zero-order valence-corrected chi connectivity index (χ0v) is 19.0. The summed E-state index contributed by atoms with van der Waals surface area (Å²) in [6.07, 6.45) is 4.03. The lowest BCUT2D eigenvalue weighted by molar-refractivity contribution is -0.0390. The molecule has 1 heterocycles. The number of rotatable bonds is 11. The fourth-order valence-corrected chi connectivity index (χ4v) is 3.43. The third kappa shape index (κ3) is 8.02. The van der Waals surface area contributed by atoms with Gasteiger partial charge in [0, 0.05) is 31.9 Å². The van der Waals surface area contributed by atoms with Gasteiger partial charge in [0.15, 0.2) is 5.96 Å². The minimum Gasteiger partial charge on any atom is -0.489 e.